The molecule has 0 amide bonds. The maximum atomic E-state index is 12.3. The zero-order chi connectivity index (χ0) is 17.2. The molecule has 0 aliphatic heterocycles. The first-order valence-corrected chi connectivity index (χ1v) is 9.10. The molecule has 8 heteroatoms. The van der Waals surface area contributed by atoms with Crippen molar-refractivity contribution in [1.82, 2.24) is 9.55 Å². The van der Waals surface area contributed by atoms with Crippen molar-refractivity contribution in [2.75, 3.05) is 0 Å². The standard InChI is InChI=1S/C15H15Br3N2O3/c1-15(2,8-20-5-3-4-6-20)11(21)14(22)23-13-10(17)7-9(16)12(18)19-13/h3-7,11,21H,8H2,1-2H3. The van der Waals surface area contributed by atoms with Crippen LogP contribution in [0.2, 0.25) is 0 Å². The molecule has 2 aromatic rings. The van der Waals surface area contributed by atoms with E-state index in [0.717, 1.165) is 4.47 Å². The lowest BCUT2D eigenvalue weighted by Crippen LogP contribution is -2.41. The van der Waals surface area contributed by atoms with Gasteiger partial charge in [-0.05, 0) is 66.0 Å². The quantitative estimate of drug-likeness (QED) is 0.484. The summed E-state index contributed by atoms with van der Waals surface area (Å²) in [6.07, 6.45) is 2.47. The van der Waals surface area contributed by atoms with E-state index in [-0.39, 0.29) is 5.88 Å². The number of hydrogen-bond acceptors (Lipinski definition) is 4. The molecule has 1 N–H and O–H groups in total. The van der Waals surface area contributed by atoms with Crippen molar-refractivity contribution in [3.8, 4) is 5.88 Å². The first-order chi connectivity index (χ1) is 10.7. The molecular weight excluding hydrogens is 496 g/mol. The molecule has 0 aliphatic rings. The normalized spacial score (nSPS) is 13.0. The lowest BCUT2D eigenvalue weighted by atomic mass is 9.86. The maximum absolute atomic E-state index is 12.3. The fourth-order valence-electron chi connectivity index (χ4n) is 2.00. The fraction of sp³-hybridized carbons (Fsp3) is 0.333. The summed E-state index contributed by atoms with van der Waals surface area (Å²) < 4.78 is 8.88. The van der Waals surface area contributed by atoms with Crippen LogP contribution in [0.4, 0.5) is 0 Å². The molecule has 0 aliphatic carbocycles. The van der Waals surface area contributed by atoms with Gasteiger partial charge in [0.05, 0.1) is 8.95 Å². The number of aliphatic hydroxyl groups excluding tert-OH is 1. The Labute approximate surface area is 159 Å². The summed E-state index contributed by atoms with van der Waals surface area (Å²) in [7, 11) is 0. The Bertz CT molecular complexity index is 702. The lowest BCUT2D eigenvalue weighted by molar-refractivity contribution is -0.151. The van der Waals surface area contributed by atoms with E-state index < -0.39 is 17.5 Å². The zero-order valence-corrected chi connectivity index (χ0v) is 17.2. The number of esters is 1. The fourth-order valence-corrected chi connectivity index (χ4v) is 3.30. The Hall–Kier alpha value is -0.700. The second-order valence-corrected chi connectivity index (χ2v) is 8.18. The minimum Gasteiger partial charge on any atom is -0.404 e. The molecular formula is C15H15Br3N2O3. The number of nitrogens with zero attached hydrogens (tertiary/aromatic N) is 2. The smallest absolute Gasteiger partial charge is 0.342 e. The average molecular weight is 511 g/mol. The molecule has 124 valence electrons. The monoisotopic (exact) mass is 508 g/mol. The number of pyridine rings is 1. The van der Waals surface area contributed by atoms with E-state index in [1.54, 1.807) is 19.9 Å². The van der Waals surface area contributed by atoms with Gasteiger partial charge in [0.2, 0.25) is 5.88 Å². The topological polar surface area (TPSA) is 64.4 Å². The van der Waals surface area contributed by atoms with Crippen LogP contribution in [0, 0.1) is 5.41 Å². The molecule has 0 radical (unpaired) electrons. The summed E-state index contributed by atoms with van der Waals surface area (Å²) in [5.74, 6) is -0.648. The molecule has 2 heterocycles. The van der Waals surface area contributed by atoms with E-state index in [4.69, 9.17) is 4.74 Å². The minimum atomic E-state index is -1.29. The van der Waals surface area contributed by atoms with Gasteiger partial charge in [-0.15, -0.1) is 0 Å². The first kappa shape index (κ1) is 18.6. The van der Waals surface area contributed by atoms with Gasteiger partial charge in [-0.2, -0.15) is 0 Å². The molecule has 0 saturated carbocycles. The summed E-state index contributed by atoms with van der Waals surface area (Å²) in [5.41, 5.74) is -0.699. The van der Waals surface area contributed by atoms with Crippen LogP contribution in [-0.4, -0.2) is 26.7 Å². The van der Waals surface area contributed by atoms with Crippen LogP contribution in [0.1, 0.15) is 13.8 Å². The van der Waals surface area contributed by atoms with E-state index in [9.17, 15) is 9.90 Å². The SMILES string of the molecule is CC(C)(Cn1cccc1)C(O)C(=O)Oc1nc(Br)c(Br)cc1Br. The Kier molecular flexibility index (Phi) is 6.05. The van der Waals surface area contributed by atoms with E-state index in [0.29, 0.717) is 15.6 Å². The van der Waals surface area contributed by atoms with Crippen LogP contribution < -0.4 is 4.74 Å². The molecule has 5 nitrogen and oxygen atoms in total. The predicted octanol–water partition coefficient (Wildman–Crippen LogP) is 4.16. The van der Waals surface area contributed by atoms with Crippen molar-refractivity contribution in [3.63, 3.8) is 0 Å². The predicted molar refractivity (Wildman–Crippen MR) is 97.2 cm³/mol. The highest BCUT2D eigenvalue weighted by Gasteiger charge is 2.36. The summed E-state index contributed by atoms with van der Waals surface area (Å²) in [6, 6.07) is 5.49. The number of aromatic nitrogens is 2. The summed E-state index contributed by atoms with van der Waals surface area (Å²) in [6.45, 7) is 4.09. The van der Waals surface area contributed by atoms with Gasteiger partial charge in [0.1, 0.15) is 4.60 Å². The van der Waals surface area contributed by atoms with Gasteiger partial charge < -0.3 is 14.4 Å². The largest absolute Gasteiger partial charge is 0.404 e. The van der Waals surface area contributed by atoms with E-state index in [1.165, 1.54) is 0 Å². The van der Waals surface area contributed by atoms with Crippen molar-refractivity contribution in [1.29, 1.82) is 0 Å². The number of aliphatic hydroxyl groups is 1. The third-order valence-electron chi connectivity index (χ3n) is 3.27. The third kappa shape index (κ3) is 4.65. The second-order valence-electron chi connectivity index (χ2n) is 5.72. The van der Waals surface area contributed by atoms with Crippen molar-refractivity contribution in [3.05, 3.63) is 44.1 Å². The van der Waals surface area contributed by atoms with E-state index >= 15 is 0 Å². The molecule has 2 aromatic heterocycles. The van der Waals surface area contributed by atoms with Crippen molar-refractivity contribution in [2.45, 2.75) is 26.5 Å². The van der Waals surface area contributed by atoms with Crippen LogP contribution >= 0.6 is 47.8 Å². The molecule has 1 atom stereocenters. The van der Waals surface area contributed by atoms with Crippen molar-refractivity contribution in [2.24, 2.45) is 5.41 Å². The van der Waals surface area contributed by atoms with E-state index in [2.05, 4.69) is 52.8 Å². The highest BCUT2D eigenvalue weighted by molar-refractivity contribution is 9.13. The first-order valence-electron chi connectivity index (χ1n) is 6.73. The number of ether oxygens (including phenoxy) is 1. The van der Waals surface area contributed by atoms with Crippen molar-refractivity contribution < 1.29 is 14.6 Å². The highest BCUT2D eigenvalue weighted by Crippen LogP contribution is 2.32. The Morgan fingerprint density at radius 1 is 1.30 bits per heavy atom. The molecule has 23 heavy (non-hydrogen) atoms. The number of rotatable bonds is 5. The molecule has 0 spiro atoms. The third-order valence-corrected chi connectivity index (χ3v) is 5.58. The number of hydrogen-bond donors (Lipinski definition) is 1. The lowest BCUT2D eigenvalue weighted by Gasteiger charge is -2.29. The van der Waals surface area contributed by atoms with Crippen molar-refractivity contribution >= 4 is 53.8 Å². The molecule has 0 aromatic carbocycles. The van der Waals surface area contributed by atoms with Crippen LogP contribution in [0.25, 0.3) is 0 Å². The molecule has 1 unspecified atom stereocenters. The molecule has 2 rings (SSSR count). The van der Waals surface area contributed by atoms with Crippen LogP contribution in [0.15, 0.2) is 44.1 Å². The van der Waals surface area contributed by atoms with Gasteiger partial charge in [-0.1, -0.05) is 13.8 Å². The van der Waals surface area contributed by atoms with Gasteiger partial charge in [0.25, 0.3) is 0 Å². The maximum Gasteiger partial charge on any atom is 0.342 e. The zero-order valence-electron chi connectivity index (χ0n) is 12.5. The summed E-state index contributed by atoms with van der Waals surface area (Å²) in [4.78, 5) is 16.4. The van der Waals surface area contributed by atoms with Gasteiger partial charge in [-0.25, -0.2) is 9.78 Å². The highest BCUT2D eigenvalue weighted by atomic mass is 79.9. The summed E-state index contributed by atoms with van der Waals surface area (Å²) >= 11 is 9.84. The Morgan fingerprint density at radius 3 is 2.52 bits per heavy atom. The average Bonchev–Trinajstić information content (AvgIpc) is 2.95. The van der Waals surface area contributed by atoms with Crippen LogP contribution in [0.3, 0.4) is 0 Å². The van der Waals surface area contributed by atoms with Gasteiger partial charge in [-0.3, -0.25) is 0 Å². The Balaban J connectivity index is 2.12. The summed E-state index contributed by atoms with van der Waals surface area (Å²) in [5, 5.41) is 10.4. The molecule has 0 saturated heterocycles. The Morgan fingerprint density at radius 2 is 1.91 bits per heavy atom. The molecule has 0 bridgehead atoms. The number of carbonyl (C=O) groups excluding carboxylic acids is 1. The second kappa shape index (κ2) is 7.46. The number of halogens is 3. The van der Waals surface area contributed by atoms with Crippen LogP contribution in [-0.2, 0) is 11.3 Å². The van der Waals surface area contributed by atoms with Gasteiger partial charge in [0.15, 0.2) is 6.10 Å². The van der Waals surface area contributed by atoms with E-state index in [1.807, 2.05) is 29.1 Å². The molecule has 0 fully saturated rings. The minimum absolute atomic E-state index is 0.0980. The van der Waals surface area contributed by atoms with Crippen LogP contribution in [0.5, 0.6) is 5.88 Å². The van der Waals surface area contributed by atoms with Gasteiger partial charge >= 0.3 is 5.97 Å². The van der Waals surface area contributed by atoms with Gasteiger partial charge in [0, 0.05) is 24.4 Å². The number of carbonyl (C=O) groups is 1.